The van der Waals surface area contributed by atoms with Gasteiger partial charge in [-0.05, 0) is 64.3 Å². The summed E-state index contributed by atoms with van der Waals surface area (Å²) in [5, 5.41) is 2.91. The number of hydrogen-bond acceptors (Lipinski definition) is 4. The molecule has 2 rings (SSSR count). The third-order valence-corrected chi connectivity index (χ3v) is 4.36. The number of aryl methyl sites for hydroxylation is 5. The Bertz CT molecular complexity index is 831. The van der Waals surface area contributed by atoms with Crippen molar-refractivity contribution in [3.8, 4) is 0 Å². The third kappa shape index (κ3) is 4.41. The number of nitrogens with zero attached hydrogens (tertiary/aromatic N) is 1. The van der Waals surface area contributed by atoms with Crippen LogP contribution in [0.5, 0.6) is 0 Å². The fraction of sp³-hybridized carbons (Fsp3) is 0.350. The molecular weight excluding hydrogens is 352 g/mol. The van der Waals surface area contributed by atoms with E-state index in [4.69, 9.17) is 16.3 Å². The number of amides is 1. The first-order valence-electron chi connectivity index (χ1n) is 8.33. The number of anilines is 1. The quantitative estimate of drug-likeness (QED) is 0.633. The molecular formula is C20H23ClN2O3. The molecule has 5 nitrogen and oxygen atoms in total. The molecule has 0 bridgehead atoms. The highest BCUT2D eigenvalue weighted by atomic mass is 35.5. The highest BCUT2D eigenvalue weighted by molar-refractivity contribution is 6.32. The van der Waals surface area contributed by atoms with E-state index in [1.165, 1.54) is 6.92 Å². The molecule has 1 aromatic heterocycles. The first-order chi connectivity index (χ1) is 12.1. The molecule has 0 unspecified atom stereocenters. The van der Waals surface area contributed by atoms with E-state index >= 15 is 0 Å². The second kappa shape index (κ2) is 7.87. The van der Waals surface area contributed by atoms with E-state index in [0.717, 1.165) is 22.4 Å². The molecule has 1 N–H and O–H groups in total. The Hall–Kier alpha value is -2.40. The van der Waals surface area contributed by atoms with Crippen LogP contribution in [0.15, 0.2) is 18.2 Å². The number of carbonyl (C=O) groups is 2. The maximum atomic E-state index is 12.5. The summed E-state index contributed by atoms with van der Waals surface area (Å²) in [6, 6.07) is 5.72. The molecule has 0 spiro atoms. The average Bonchev–Trinajstić information content (AvgIpc) is 2.49. The highest BCUT2D eigenvalue weighted by Gasteiger charge is 2.23. The summed E-state index contributed by atoms with van der Waals surface area (Å²) in [4.78, 5) is 28.9. The van der Waals surface area contributed by atoms with Gasteiger partial charge in [0.1, 0.15) is 5.15 Å². The summed E-state index contributed by atoms with van der Waals surface area (Å²) < 4.78 is 5.30. The van der Waals surface area contributed by atoms with Gasteiger partial charge in [0, 0.05) is 11.4 Å². The van der Waals surface area contributed by atoms with Crippen molar-refractivity contribution in [2.45, 2.75) is 47.6 Å². The van der Waals surface area contributed by atoms with Gasteiger partial charge >= 0.3 is 5.97 Å². The Balaban J connectivity index is 2.14. The zero-order valence-electron chi connectivity index (χ0n) is 15.9. The SMILES string of the molecule is Cc1cc(C)c(NC(=O)[C@H](C)OC(=O)c2c(C)cc(C)nc2Cl)c(C)c1. The second-order valence-corrected chi connectivity index (χ2v) is 6.91. The lowest BCUT2D eigenvalue weighted by Crippen LogP contribution is -2.31. The van der Waals surface area contributed by atoms with E-state index in [0.29, 0.717) is 11.3 Å². The van der Waals surface area contributed by atoms with Crippen molar-refractivity contribution in [2.75, 3.05) is 5.32 Å². The van der Waals surface area contributed by atoms with Crippen LogP contribution in [0.25, 0.3) is 0 Å². The van der Waals surface area contributed by atoms with Gasteiger partial charge in [-0.2, -0.15) is 0 Å². The summed E-state index contributed by atoms with van der Waals surface area (Å²) in [6.45, 7) is 10.9. The number of pyridine rings is 1. The molecule has 0 aliphatic carbocycles. The maximum absolute atomic E-state index is 12.5. The number of nitrogens with one attached hydrogen (secondary N) is 1. The zero-order chi connectivity index (χ0) is 19.6. The number of benzene rings is 1. The van der Waals surface area contributed by atoms with Gasteiger partial charge in [-0.15, -0.1) is 0 Å². The number of aromatic nitrogens is 1. The predicted molar refractivity (Wildman–Crippen MR) is 103 cm³/mol. The van der Waals surface area contributed by atoms with E-state index in [2.05, 4.69) is 10.3 Å². The van der Waals surface area contributed by atoms with Crippen LogP contribution in [0.1, 0.15) is 45.2 Å². The van der Waals surface area contributed by atoms with Crippen molar-refractivity contribution in [3.63, 3.8) is 0 Å². The lowest BCUT2D eigenvalue weighted by Gasteiger charge is -2.17. The fourth-order valence-corrected chi connectivity index (χ4v) is 3.27. The summed E-state index contributed by atoms with van der Waals surface area (Å²) in [7, 11) is 0. The van der Waals surface area contributed by atoms with Crippen LogP contribution in [0, 0.1) is 34.6 Å². The zero-order valence-corrected chi connectivity index (χ0v) is 16.6. The first-order valence-corrected chi connectivity index (χ1v) is 8.71. The summed E-state index contributed by atoms with van der Waals surface area (Å²) in [5.74, 6) is -1.07. The molecule has 0 saturated carbocycles. The summed E-state index contributed by atoms with van der Waals surface area (Å²) >= 11 is 6.07. The number of ether oxygens (including phenoxy) is 1. The molecule has 0 aliphatic rings. The molecule has 0 saturated heterocycles. The molecule has 26 heavy (non-hydrogen) atoms. The molecule has 6 heteroatoms. The Morgan fingerprint density at radius 3 is 2.15 bits per heavy atom. The number of hydrogen-bond donors (Lipinski definition) is 1. The maximum Gasteiger partial charge on any atom is 0.342 e. The van der Waals surface area contributed by atoms with Crippen molar-refractivity contribution >= 4 is 29.2 Å². The van der Waals surface area contributed by atoms with E-state index < -0.39 is 18.0 Å². The topological polar surface area (TPSA) is 68.3 Å². The Morgan fingerprint density at radius 2 is 1.62 bits per heavy atom. The molecule has 1 aromatic carbocycles. The Morgan fingerprint density at radius 1 is 1.04 bits per heavy atom. The molecule has 0 fully saturated rings. The van der Waals surface area contributed by atoms with Crippen molar-refractivity contribution in [2.24, 2.45) is 0 Å². The predicted octanol–water partition coefficient (Wildman–Crippen LogP) is 4.46. The lowest BCUT2D eigenvalue weighted by molar-refractivity contribution is -0.123. The minimum absolute atomic E-state index is 0.0744. The van der Waals surface area contributed by atoms with Crippen molar-refractivity contribution in [3.05, 3.63) is 56.9 Å². The number of rotatable bonds is 4. The van der Waals surface area contributed by atoms with Gasteiger partial charge < -0.3 is 10.1 Å². The lowest BCUT2D eigenvalue weighted by atomic mass is 10.0. The summed E-state index contributed by atoms with van der Waals surface area (Å²) in [6.07, 6.45) is -0.973. The Kier molecular flexibility index (Phi) is 6.03. The molecule has 1 atom stereocenters. The number of esters is 1. The van der Waals surface area contributed by atoms with Gasteiger partial charge in [0.05, 0.1) is 5.56 Å². The molecule has 138 valence electrons. The highest BCUT2D eigenvalue weighted by Crippen LogP contribution is 2.23. The van der Waals surface area contributed by atoms with Crippen LogP contribution in [0.2, 0.25) is 5.15 Å². The van der Waals surface area contributed by atoms with Gasteiger partial charge in [-0.25, -0.2) is 9.78 Å². The molecule has 1 heterocycles. The largest absolute Gasteiger partial charge is 0.449 e. The minimum Gasteiger partial charge on any atom is -0.449 e. The number of halogens is 1. The molecule has 0 radical (unpaired) electrons. The average molecular weight is 375 g/mol. The van der Waals surface area contributed by atoms with Crippen LogP contribution in [0.3, 0.4) is 0 Å². The summed E-state index contributed by atoms with van der Waals surface area (Å²) in [5.41, 5.74) is 5.31. The smallest absolute Gasteiger partial charge is 0.342 e. The van der Waals surface area contributed by atoms with Gasteiger partial charge in [-0.3, -0.25) is 4.79 Å². The van der Waals surface area contributed by atoms with Gasteiger partial charge in [0.2, 0.25) is 0 Å². The monoisotopic (exact) mass is 374 g/mol. The van der Waals surface area contributed by atoms with Crippen molar-refractivity contribution < 1.29 is 14.3 Å². The van der Waals surface area contributed by atoms with Gasteiger partial charge in [0.15, 0.2) is 6.10 Å². The van der Waals surface area contributed by atoms with Crippen LogP contribution in [-0.4, -0.2) is 23.0 Å². The van der Waals surface area contributed by atoms with Crippen LogP contribution < -0.4 is 5.32 Å². The van der Waals surface area contributed by atoms with Crippen LogP contribution >= 0.6 is 11.6 Å². The van der Waals surface area contributed by atoms with Crippen molar-refractivity contribution in [1.82, 2.24) is 4.98 Å². The standard InChI is InChI=1S/C20H23ClN2O3/c1-10-7-12(3)17(13(4)8-10)23-19(24)15(6)26-20(25)16-11(2)9-14(5)22-18(16)21/h7-9,15H,1-6H3,(H,23,24)/t15-/m0/s1. The second-order valence-electron chi connectivity index (χ2n) is 6.56. The van der Waals surface area contributed by atoms with Crippen molar-refractivity contribution in [1.29, 1.82) is 0 Å². The normalized spacial score (nSPS) is 11.8. The van der Waals surface area contributed by atoms with Crippen LogP contribution in [-0.2, 0) is 9.53 Å². The minimum atomic E-state index is -0.973. The van der Waals surface area contributed by atoms with E-state index in [9.17, 15) is 9.59 Å². The van der Waals surface area contributed by atoms with E-state index in [1.54, 1.807) is 19.9 Å². The molecule has 2 aromatic rings. The van der Waals surface area contributed by atoms with Crippen LogP contribution in [0.4, 0.5) is 5.69 Å². The van der Waals surface area contributed by atoms with E-state index in [-0.39, 0.29) is 10.7 Å². The Labute approximate surface area is 158 Å². The fourth-order valence-electron chi connectivity index (χ4n) is 2.91. The third-order valence-electron chi connectivity index (χ3n) is 4.08. The number of carbonyl (C=O) groups excluding carboxylic acids is 2. The molecule has 0 aliphatic heterocycles. The molecule has 1 amide bonds. The van der Waals surface area contributed by atoms with Gasteiger partial charge in [0.25, 0.3) is 5.91 Å². The van der Waals surface area contributed by atoms with E-state index in [1.807, 2.05) is 32.9 Å². The first kappa shape index (κ1) is 19.9. The van der Waals surface area contributed by atoms with Gasteiger partial charge in [-0.1, -0.05) is 29.3 Å².